The summed E-state index contributed by atoms with van der Waals surface area (Å²) in [5, 5.41) is 10.0. The van der Waals surface area contributed by atoms with Crippen molar-refractivity contribution >= 4 is 23.1 Å². The molecular formula is C20H26N6O. The molecule has 0 fully saturated rings. The maximum absolute atomic E-state index is 12.5. The van der Waals surface area contributed by atoms with E-state index in [1.54, 1.807) is 23.1 Å². The molecule has 2 N–H and O–H groups in total. The highest BCUT2D eigenvalue weighted by molar-refractivity contribution is 6.00. The molecular weight excluding hydrogens is 340 g/mol. The monoisotopic (exact) mass is 366 g/mol. The van der Waals surface area contributed by atoms with Crippen molar-refractivity contribution in [1.29, 1.82) is 0 Å². The Labute approximate surface area is 159 Å². The van der Waals surface area contributed by atoms with Crippen molar-refractivity contribution in [2.45, 2.75) is 52.9 Å². The van der Waals surface area contributed by atoms with Crippen LogP contribution in [-0.2, 0) is 5.41 Å². The van der Waals surface area contributed by atoms with Crippen LogP contribution in [0.4, 0.5) is 16.2 Å². The first-order valence-corrected chi connectivity index (χ1v) is 9.04. The molecule has 3 aromatic heterocycles. The zero-order valence-electron chi connectivity index (χ0n) is 16.7. The lowest BCUT2D eigenvalue weighted by Gasteiger charge is -2.21. The highest BCUT2D eigenvalue weighted by Gasteiger charge is 2.19. The number of anilines is 2. The Hall–Kier alpha value is -2.96. The molecule has 0 saturated heterocycles. The van der Waals surface area contributed by atoms with Crippen LogP contribution in [0.2, 0.25) is 0 Å². The maximum Gasteiger partial charge on any atom is 0.323 e. The molecule has 3 aromatic rings. The third-order valence-corrected chi connectivity index (χ3v) is 4.29. The minimum absolute atomic E-state index is 0.0398. The summed E-state index contributed by atoms with van der Waals surface area (Å²) in [6.07, 6.45) is 5.05. The summed E-state index contributed by atoms with van der Waals surface area (Å²) < 4.78 is 1.75. The van der Waals surface area contributed by atoms with Gasteiger partial charge in [-0.15, -0.1) is 0 Å². The van der Waals surface area contributed by atoms with E-state index < -0.39 is 0 Å². The molecule has 3 heterocycles. The van der Waals surface area contributed by atoms with Crippen molar-refractivity contribution in [2.24, 2.45) is 0 Å². The lowest BCUT2D eigenvalue weighted by atomic mass is 9.89. The minimum Gasteiger partial charge on any atom is -0.306 e. The second kappa shape index (κ2) is 6.98. The molecule has 0 spiro atoms. The molecule has 3 rings (SSSR count). The van der Waals surface area contributed by atoms with Gasteiger partial charge in [-0.3, -0.25) is 4.98 Å². The van der Waals surface area contributed by atoms with E-state index in [4.69, 9.17) is 0 Å². The number of rotatable bonds is 3. The van der Waals surface area contributed by atoms with Gasteiger partial charge in [0.25, 0.3) is 0 Å². The number of hydrogen-bond donors (Lipinski definition) is 2. The van der Waals surface area contributed by atoms with Gasteiger partial charge in [0.15, 0.2) is 5.65 Å². The molecule has 7 heteroatoms. The fraction of sp³-hybridized carbons (Fsp3) is 0.400. The number of nitrogens with one attached hydrogen (secondary N) is 2. The van der Waals surface area contributed by atoms with Crippen molar-refractivity contribution in [1.82, 2.24) is 19.6 Å². The SMILES string of the molecule is Cc1cc(NC(=O)Nc2cnc3ccnn3c2C(C)C)cnc1C(C)(C)C. The van der Waals surface area contributed by atoms with Gasteiger partial charge in [0.1, 0.15) is 0 Å². The molecule has 0 saturated carbocycles. The number of carbonyl (C=O) groups excluding carboxylic acids is 1. The van der Waals surface area contributed by atoms with Gasteiger partial charge in [0.2, 0.25) is 0 Å². The van der Waals surface area contributed by atoms with Gasteiger partial charge in [-0.2, -0.15) is 5.10 Å². The van der Waals surface area contributed by atoms with Crippen molar-refractivity contribution in [3.05, 3.63) is 47.7 Å². The third kappa shape index (κ3) is 3.92. The number of pyridine rings is 1. The average Bonchev–Trinajstić information content (AvgIpc) is 3.01. The molecule has 0 atom stereocenters. The summed E-state index contributed by atoms with van der Waals surface area (Å²) >= 11 is 0. The number of amides is 2. The summed E-state index contributed by atoms with van der Waals surface area (Å²) in [6, 6.07) is 3.43. The molecule has 0 bridgehead atoms. The van der Waals surface area contributed by atoms with E-state index in [1.807, 2.05) is 19.1 Å². The molecule has 27 heavy (non-hydrogen) atoms. The van der Waals surface area contributed by atoms with Crippen LogP contribution in [-0.4, -0.2) is 25.6 Å². The number of nitrogens with zero attached hydrogens (tertiary/aromatic N) is 4. The largest absolute Gasteiger partial charge is 0.323 e. The van der Waals surface area contributed by atoms with Gasteiger partial charge in [-0.25, -0.2) is 14.3 Å². The average molecular weight is 366 g/mol. The Kier molecular flexibility index (Phi) is 4.87. The zero-order valence-corrected chi connectivity index (χ0v) is 16.7. The second-order valence-corrected chi connectivity index (χ2v) is 8.03. The number of urea groups is 1. The molecule has 7 nitrogen and oxygen atoms in total. The van der Waals surface area contributed by atoms with E-state index in [9.17, 15) is 4.79 Å². The number of hydrogen-bond acceptors (Lipinski definition) is 4. The number of aromatic nitrogens is 4. The van der Waals surface area contributed by atoms with E-state index in [2.05, 4.69) is 60.3 Å². The van der Waals surface area contributed by atoms with Crippen LogP contribution >= 0.6 is 0 Å². The molecule has 0 aliphatic heterocycles. The van der Waals surface area contributed by atoms with Crippen molar-refractivity contribution < 1.29 is 4.79 Å². The van der Waals surface area contributed by atoms with Crippen LogP contribution in [0.5, 0.6) is 0 Å². The van der Waals surface area contributed by atoms with E-state index >= 15 is 0 Å². The summed E-state index contributed by atoms with van der Waals surface area (Å²) in [5.41, 5.74) is 4.96. The van der Waals surface area contributed by atoms with Crippen molar-refractivity contribution in [2.75, 3.05) is 10.6 Å². The van der Waals surface area contributed by atoms with Crippen molar-refractivity contribution in [3.63, 3.8) is 0 Å². The van der Waals surface area contributed by atoms with Gasteiger partial charge < -0.3 is 10.6 Å². The predicted molar refractivity (Wildman–Crippen MR) is 107 cm³/mol. The maximum atomic E-state index is 12.5. The molecule has 0 radical (unpaired) electrons. The Morgan fingerprint density at radius 2 is 1.89 bits per heavy atom. The highest BCUT2D eigenvalue weighted by Crippen LogP contribution is 2.26. The summed E-state index contributed by atoms with van der Waals surface area (Å²) in [4.78, 5) is 21.4. The van der Waals surface area contributed by atoms with E-state index in [0.717, 1.165) is 22.6 Å². The lowest BCUT2D eigenvalue weighted by molar-refractivity contribution is 0.262. The fourth-order valence-corrected chi connectivity index (χ4v) is 3.26. The molecule has 2 amide bonds. The van der Waals surface area contributed by atoms with Gasteiger partial charge in [-0.05, 0) is 24.5 Å². The molecule has 0 unspecified atom stereocenters. The normalized spacial score (nSPS) is 11.8. The Morgan fingerprint density at radius 1 is 1.15 bits per heavy atom. The lowest BCUT2D eigenvalue weighted by Crippen LogP contribution is -2.22. The van der Waals surface area contributed by atoms with Crippen LogP contribution in [0.1, 0.15) is 57.5 Å². The van der Waals surface area contributed by atoms with Crippen LogP contribution in [0.15, 0.2) is 30.7 Å². The van der Waals surface area contributed by atoms with Crippen LogP contribution in [0.3, 0.4) is 0 Å². The Morgan fingerprint density at radius 3 is 2.52 bits per heavy atom. The van der Waals surface area contributed by atoms with Crippen LogP contribution in [0, 0.1) is 6.92 Å². The summed E-state index contributed by atoms with van der Waals surface area (Å²) in [5.74, 6) is 0.167. The molecule has 142 valence electrons. The van der Waals surface area contributed by atoms with E-state index in [0.29, 0.717) is 11.4 Å². The van der Waals surface area contributed by atoms with Gasteiger partial charge >= 0.3 is 6.03 Å². The number of aryl methyl sites for hydroxylation is 1. The smallest absolute Gasteiger partial charge is 0.306 e. The number of fused-ring (bicyclic) bond motifs is 1. The minimum atomic E-state index is -0.338. The van der Waals surface area contributed by atoms with Gasteiger partial charge in [0, 0.05) is 17.2 Å². The first-order chi connectivity index (χ1) is 12.7. The first-order valence-electron chi connectivity index (χ1n) is 9.04. The van der Waals surface area contributed by atoms with Gasteiger partial charge in [0.05, 0.1) is 35.7 Å². The standard InChI is InChI=1S/C20H26N6O/c1-12(2)17-15(11-21-16-7-8-23-26(16)17)25-19(27)24-14-9-13(3)18(22-10-14)20(4,5)6/h7-12H,1-6H3,(H2,24,25,27). The zero-order chi connectivity index (χ0) is 19.8. The van der Waals surface area contributed by atoms with Crippen LogP contribution in [0.25, 0.3) is 5.65 Å². The molecule has 0 aliphatic carbocycles. The van der Waals surface area contributed by atoms with Crippen LogP contribution < -0.4 is 10.6 Å². The highest BCUT2D eigenvalue weighted by atomic mass is 16.2. The predicted octanol–water partition coefficient (Wildman–Crippen LogP) is 4.50. The first kappa shape index (κ1) is 18.8. The second-order valence-electron chi connectivity index (χ2n) is 8.03. The topological polar surface area (TPSA) is 84.2 Å². The van der Waals surface area contributed by atoms with E-state index in [-0.39, 0.29) is 17.4 Å². The molecule has 0 aromatic carbocycles. The molecule has 0 aliphatic rings. The Bertz CT molecular complexity index is 984. The van der Waals surface area contributed by atoms with E-state index in [1.165, 1.54) is 0 Å². The third-order valence-electron chi connectivity index (χ3n) is 4.29. The van der Waals surface area contributed by atoms with Gasteiger partial charge in [-0.1, -0.05) is 34.6 Å². The van der Waals surface area contributed by atoms with Crippen molar-refractivity contribution in [3.8, 4) is 0 Å². The number of carbonyl (C=O) groups is 1. The summed E-state index contributed by atoms with van der Waals surface area (Å²) in [7, 11) is 0. The summed E-state index contributed by atoms with van der Waals surface area (Å²) in [6.45, 7) is 12.5. The quantitative estimate of drug-likeness (QED) is 0.715. The fourth-order valence-electron chi connectivity index (χ4n) is 3.26. The Balaban J connectivity index is 1.82.